The van der Waals surface area contributed by atoms with Gasteiger partial charge in [0.25, 0.3) is 0 Å². The predicted molar refractivity (Wildman–Crippen MR) is 61.0 cm³/mol. The molecule has 1 rings (SSSR count). The van der Waals surface area contributed by atoms with Gasteiger partial charge in [-0.3, -0.25) is 9.10 Å². The summed E-state index contributed by atoms with van der Waals surface area (Å²) in [5, 5.41) is 17.2. The molecule has 0 bridgehead atoms. The lowest BCUT2D eigenvalue weighted by Gasteiger charge is -2.18. The quantitative estimate of drug-likeness (QED) is 0.839. The minimum absolute atomic E-state index is 0.255. The van der Waals surface area contributed by atoms with Crippen molar-refractivity contribution >= 4 is 21.7 Å². The molecular formula is C10H10N2O4S. The highest BCUT2D eigenvalue weighted by Gasteiger charge is 2.22. The molecule has 90 valence electrons. The number of anilines is 1. The Morgan fingerprint density at radius 1 is 1.53 bits per heavy atom. The standard InChI is InChI=1S/C10H10N2O4S/c1-12(17(15,16)7-10(13)14)9-4-2-3-8(5-9)6-11/h2-5H,7H2,1H3,(H,13,14). The summed E-state index contributed by atoms with van der Waals surface area (Å²) in [6.45, 7) is 0. The van der Waals surface area contributed by atoms with Crippen molar-refractivity contribution < 1.29 is 18.3 Å². The van der Waals surface area contributed by atoms with E-state index in [4.69, 9.17) is 10.4 Å². The zero-order valence-electron chi connectivity index (χ0n) is 8.99. The van der Waals surface area contributed by atoms with Crippen molar-refractivity contribution in [3.05, 3.63) is 29.8 Å². The highest BCUT2D eigenvalue weighted by Crippen LogP contribution is 2.17. The van der Waals surface area contributed by atoms with Crippen LogP contribution < -0.4 is 4.31 Å². The van der Waals surface area contributed by atoms with Crippen molar-refractivity contribution in [3.63, 3.8) is 0 Å². The first-order valence-corrected chi connectivity index (χ1v) is 6.16. The maximum Gasteiger partial charge on any atom is 0.320 e. The van der Waals surface area contributed by atoms with E-state index in [1.165, 1.54) is 31.3 Å². The van der Waals surface area contributed by atoms with Gasteiger partial charge >= 0.3 is 5.97 Å². The molecule has 0 aliphatic carbocycles. The molecule has 0 amide bonds. The summed E-state index contributed by atoms with van der Waals surface area (Å²) in [5.41, 5.74) is 0.560. The minimum atomic E-state index is -3.91. The number of carboxylic acids is 1. The van der Waals surface area contributed by atoms with Crippen molar-refractivity contribution in [2.75, 3.05) is 17.1 Å². The van der Waals surface area contributed by atoms with Crippen LogP contribution in [0.15, 0.2) is 24.3 Å². The average Bonchev–Trinajstić information content (AvgIpc) is 2.26. The second-order valence-corrected chi connectivity index (χ2v) is 5.28. The lowest BCUT2D eigenvalue weighted by Crippen LogP contribution is -2.32. The van der Waals surface area contributed by atoms with E-state index >= 15 is 0 Å². The van der Waals surface area contributed by atoms with Crippen LogP contribution in [0, 0.1) is 11.3 Å². The Morgan fingerprint density at radius 3 is 2.71 bits per heavy atom. The summed E-state index contributed by atoms with van der Waals surface area (Å²) in [6.07, 6.45) is 0. The Morgan fingerprint density at radius 2 is 2.18 bits per heavy atom. The fraction of sp³-hybridized carbons (Fsp3) is 0.200. The zero-order chi connectivity index (χ0) is 13.1. The summed E-state index contributed by atoms with van der Waals surface area (Å²) < 4.78 is 24.1. The molecule has 0 aliphatic heterocycles. The van der Waals surface area contributed by atoms with Gasteiger partial charge < -0.3 is 5.11 Å². The number of aliphatic carboxylic acids is 1. The summed E-state index contributed by atoms with van der Waals surface area (Å²) in [4.78, 5) is 10.4. The fourth-order valence-corrected chi connectivity index (χ4v) is 2.13. The molecule has 0 radical (unpaired) electrons. The van der Waals surface area contributed by atoms with Crippen molar-refractivity contribution in [1.82, 2.24) is 0 Å². The summed E-state index contributed by atoms with van der Waals surface area (Å²) in [7, 11) is -2.67. The Kier molecular flexibility index (Phi) is 3.70. The molecule has 0 unspecified atom stereocenters. The smallest absolute Gasteiger partial charge is 0.320 e. The molecule has 1 aromatic carbocycles. The number of sulfonamides is 1. The van der Waals surface area contributed by atoms with Crippen LogP contribution in [0.5, 0.6) is 0 Å². The number of carbonyl (C=O) groups is 1. The molecule has 0 saturated carbocycles. The lowest BCUT2D eigenvalue weighted by molar-refractivity contribution is -0.134. The van der Waals surface area contributed by atoms with E-state index in [0.717, 1.165) is 4.31 Å². The molecule has 0 spiro atoms. The first kappa shape index (κ1) is 13.0. The maximum absolute atomic E-state index is 11.6. The molecule has 0 fully saturated rings. The molecule has 0 saturated heterocycles. The molecular weight excluding hydrogens is 244 g/mol. The SMILES string of the molecule is CN(c1cccc(C#N)c1)S(=O)(=O)CC(=O)O. The van der Waals surface area contributed by atoms with Crippen LogP contribution in [0.25, 0.3) is 0 Å². The minimum Gasteiger partial charge on any atom is -0.480 e. The average molecular weight is 254 g/mol. The molecule has 7 heteroatoms. The maximum atomic E-state index is 11.6. The largest absolute Gasteiger partial charge is 0.480 e. The van der Waals surface area contributed by atoms with E-state index in [1.54, 1.807) is 0 Å². The normalized spacial score (nSPS) is 10.6. The van der Waals surface area contributed by atoms with Gasteiger partial charge in [-0.05, 0) is 18.2 Å². The number of nitrogens with zero attached hydrogens (tertiary/aromatic N) is 2. The summed E-state index contributed by atoms with van der Waals surface area (Å²) in [5.74, 6) is -2.41. The van der Waals surface area contributed by atoms with Gasteiger partial charge in [-0.25, -0.2) is 8.42 Å². The third kappa shape index (κ3) is 3.19. The Hall–Kier alpha value is -2.07. The molecule has 0 atom stereocenters. The Balaban J connectivity index is 3.08. The molecule has 0 heterocycles. The molecule has 17 heavy (non-hydrogen) atoms. The summed E-state index contributed by atoms with van der Waals surface area (Å²) in [6, 6.07) is 7.79. The van der Waals surface area contributed by atoms with Gasteiger partial charge in [0.1, 0.15) is 0 Å². The number of hydrogen-bond acceptors (Lipinski definition) is 4. The van der Waals surface area contributed by atoms with E-state index in [1.807, 2.05) is 6.07 Å². The van der Waals surface area contributed by atoms with Crippen molar-refractivity contribution in [2.24, 2.45) is 0 Å². The monoisotopic (exact) mass is 254 g/mol. The zero-order valence-corrected chi connectivity index (χ0v) is 9.81. The predicted octanol–water partition coefficient (Wildman–Crippen LogP) is 0.409. The van der Waals surface area contributed by atoms with Gasteiger partial charge in [-0.2, -0.15) is 5.26 Å². The molecule has 0 aromatic heterocycles. The lowest BCUT2D eigenvalue weighted by atomic mass is 10.2. The summed E-state index contributed by atoms with van der Waals surface area (Å²) >= 11 is 0. The van der Waals surface area contributed by atoms with Gasteiger partial charge in [-0.15, -0.1) is 0 Å². The number of benzene rings is 1. The van der Waals surface area contributed by atoms with E-state index in [-0.39, 0.29) is 5.69 Å². The first-order chi connectivity index (χ1) is 7.86. The number of hydrogen-bond donors (Lipinski definition) is 1. The molecule has 6 nitrogen and oxygen atoms in total. The first-order valence-electron chi connectivity index (χ1n) is 4.55. The topological polar surface area (TPSA) is 98.5 Å². The van der Waals surface area contributed by atoms with Crippen LogP contribution >= 0.6 is 0 Å². The van der Waals surface area contributed by atoms with Crippen LogP contribution in [0.1, 0.15) is 5.56 Å². The van der Waals surface area contributed by atoms with Crippen molar-refractivity contribution in [1.29, 1.82) is 5.26 Å². The Labute approximate surface area is 98.8 Å². The second-order valence-electron chi connectivity index (χ2n) is 3.28. The number of rotatable bonds is 4. The Bertz CT molecular complexity index is 574. The van der Waals surface area contributed by atoms with Gasteiger partial charge in [0.05, 0.1) is 17.3 Å². The van der Waals surface area contributed by atoms with E-state index in [9.17, 15) is 13.2 Å². The number of carboxylic acid groups (broad SMARTS) is 1. The highest BCUT2D eigenvalue weighted by molar-refractivity contribution is 7.93. The van der Waals surface area contributed by atoms with Crippen molar-refractivity contribution in [2.45, 2.75) is 0 Å². The van der Waals surface area contributed by atoms with E-state index in [0.29, 0.717) is 5.56 Å². The van der Waals surface area contributed by atoms with E-state index in [2.05, 4.69) is 0 Å². The van der Waals surface area contributed by atoms with Crippen LogP contribution in [0.4, 0.5) is 5.69 Å². The van der Waals surface area contributed by atoms with Crippen molar-refractivity contribution in [3.8, 4) is 6.07 Å². The second kappa shape index (κ2) is 4.84. The van der Waals surface area contributed by atoms with Gasteiger partial charge in [-0.1, -0.05) is 6.07 Å². The van der Waals surface area contributed by atoms with Gasteiger partial charge in [0, 0.05) is 7.05 Å². The van der Waals surface area contributed by atoms with Gasteiger partial charge in [0.15, 0.2) is 5.75 Å². The van der Waals surface area contributed by atoms with Crippen LogP contribution in [-0.2, 0) is 14.8 Å². The van der Waals surface area contributed by atoms with Gasteiger partial charge in [0.2, 0.25) is 10.0 Å². The van der Waals surface area contributed by atoms with E-state index < -0.39 is 21.7 Å². The molecule has 1 N–H and O–H groups in total. The molecule has 1 aromatic rings. The molecule has 0 aliphatic rings. The van der Waals surface area contributed by atoms with Crippen LogP contribution in [0.2, 0.25) is 0 Å². The third-order valence-electron chi connectivity index (χ3n) is 2.06. The fourth-order valence-electron chi connectivity index (χ4n) is 1.18. The number of nitriles is 1. The van der Waals surface area contributed by atoms with Crippen LogP contribution in [0.3, 0.4) is 0 Å². The third-order valence-corrected chi connectivity index (χ3v) is 3.72. The van der Waals surface area contributed by atoms with Crippen LogP contribution in [-0.4, -0.2) is 32.3 Å². The highest BCUT2D eigenvalue weighted by atomic mass is 32.2.